The minimum absolute atomic E-state index is 0.240. The quantitative estimate of drug-likeness (QED) is 0.779. The Hall–Kier alpha value is -0.980. The van der Waals surface area contributed by atoms with Crippen LogP contribution in [0.4, 0.5) is 0 Å². The molecule has 0 unspecified atom stereocenters. The summed E-state index contributed by atoms with van der Waals surface area (Å²) in [5, 5.41) is 8.89. The Balaban J connectivity index is 1.94. The van der Waals surface area contributed by atoms with Gasteiger partial charge in [-0.2, -0.15) is 5.26 Å². The maximum atomic E-state index is 8.89. The zero-order valence-electron chi connectivity index (χ0n) is 11.9. The second-order valence-electron chi connectivity index (χ2n) is 5.73. The van der Waals surface area contributed by atoms with E-state index in [1.807, 2.05) is 11.8 Å². The van der Waals surface area contributed by atoms with Gasteiger partial charge in [-0.15, -0.1) is 11.8 Å². The number of rotatable bonds is 4. The zero-order chi connectivity index (χ0) is 13.7. The molecule has 1 heterocycles. The summed E-state index contributed by atoms with van der Waals surface area (Å²) in [4.78, 5) is 3.90. The van der Waals surface area contributed by atoms with Gasteiger partial charge in [0.15, 0.2) is 0 Å². The van der Waals surface area contributed by atoms with E-state index < -0.39 is 0 Å². The highest BCUT2D eigenvalue weighted by molar-refractivity contribution is 7.98. The van der Waals surface area contributed by atoms with Crippen molar-refractivity contribution in [3.8, 4) is 6.07 Å². The standard InChI is InChI=1S/C16H22N2S/c1-16(7-10-17)8-11-18(12-9-16)13-14-5-3-4-6-15(14)19-2/h3-6H,7-9,11-13H2,1-2H3. The smallest absolute Gasteiger partial charge is 0.0627 e. The Morgan fingerprint density at radius 2 is 2.00 bits per heavy atom. The molecule has 0 amide bonds. The van der Waals surface area contributed by atoms with Crippen LogP contribution in [0, 0.1) is 16.7 Å². The normalized spacial score (nSPS) is 19.0. The van der Waals surface area contributed by atoms with Crippen LogP contribution in [0.1, 0.15) is 31.7 Å². The molecule has 0 atom stereocenters. The minimum Gasteiger partial charge on any atom is -0.299 e. The topological polar surface area (TPSA) is 27.0 Å². The summed E-state index contributed by atoms with van der Waals surface area (Å²) in [6.45, 7) is 5.52. The van der Waals surface area contributed by atoms with Crippen LogP contribution in [0.2, 0.25) is 0 Å². The van der Waals surface area contributed by atoms with Crippen molar-refractivity contribution in [2.45, 2.75) is 37.6 Å². The van der Waals surface area contributed by atoms with Crippen LogP contribution in [-0.4, -0.2) is 24.2 Å². The van der Waals surface area contributed by atoms with Gasteiger partial charge in [0.25, 0.3) is 0 Å². The molecular formula is C16H22N2S. The molecule has 0 bridgehead atoms. The number of nitriles is 1. The largest absolute Gasteiger partial charge is 0.299 e. The Morgan fingerprint density at radius 3 is 2.63 bits per heavy atom. The average Bonchev–Trinajstić information content (AvgIpc) is 2.42. The van der Waals surface area contributed by atoms with Gasteiger partial charge in [-0.1, -0.05) is 25.1 Å². The summed E-state index contributed by atoms with van der Waals surface area (Å²) in [5.41, 5.74) is 1.67. The van der Waals surface area contributed by atoms with Crippen molar-refractivity contribution in [1.82, 2.24) is 4.90 Å². The molecule has 1 aliphatic rings. The predicted molar refractivity (Wildman–Crippen MR) is 81.1 cm³/mol. The summed E-state index contributed by atoms with van der Waals surface area (Å²) in [5.74, 6) is 0. The van der Waals surface area contributed by atoms with Crippen LogP contribution in [0.25, 0.3) is 0 Å². The van der Waals surface area contributed by atoms with Gasteiger partial charge in [0.1, 0.15) is 0 Å². The fourth-order valence-corrected chi connectivity index (χ4v) is 3.30. The van der Waals surface area contributed by atoms with Gasteiger partial charge in [0.2, 0.25) is 0 Å². The van der Waals surface area contributed by atoms with Gasteiger partial charge >= 0.3 is 0 Å². The summed E-state index contributed by atoms with van der Waals surface area (Å²) >= 11 is 1.82. The Labute approximate surface area is 120 Å². The first-order chi connectivity index (χ1) is 9.17. The first kappa shape index (κ1) is 14.4. The minimum atomic E-state index is 0.240. The number of piperidine rings is 1. The van der Waals surface area contributed by atoms with E-state index in [2.05, 4.69) is 48.4 Å². The van der Waals surface area contributed by atoms with Gasteiger partial charge < -0.3 is 0 Å². The van der Waals surface area contributed by atoms with Crippen LogP contribution >= 0.6 is 11.8 Å². The highest BCUT2D eigenvalue weighted by atomic mass is 32.2. The fraction of sp³-hybridized carbons (Fsp3) is 0.562. The molecule has 0 spiro atoms. The van der Waals surface area contributed by atoms with Crippen molar-refractivity contribution >= 4 is 11.8 Å². The lowest BCUT2D eigenvalue weighted by Crippen LogP contribution is -2.38. The lowest BCUT2D eigenvalue weighted by Gasteiger charge is -2.38. The number of thioether (sulfide) groups is 1. The van der Waals surface area contributed by atoms with Gasteiger partial charge in [-0.25, -0.2) is 0 Å². The third-order valence-corrected chi connectivity index (χ3v) is 4.99. The second-order valence-corrected chi connectivity index (χ2v) is 6.58. The van der Waals surface area contributed by atoms with Crippen LogP contribution < -0.4 is 0 Å². The molecule has 1 saturated heterocycles. The van der Waals surface area contributed by atoms with E-state index in [1.54, 1.807) is 0 Å². The molecule has 3 heteroatoms. The molecule has 1 fully saturated rings. The Morgan fingerprint density at radius 1 is 1.32 bits per heavy atom. The molecular weight excluding hydrogens is 252 g/mol. The maximum Gasteiger partial charge on any atom is 0.0627 e. The molecule has 19 heavy (non-hydrogen) atoms. The number of hydrogen-bond acceptors (Lipinski definition) is 3. The average molecular weight is 274 g/mol. The molecule has 2 nitrogen and oxygen atoms in total. The number of nitrogens with zero attached hydrogens (tertiary/aromatic N) is 2. The van der Waals surface area contributed by atoms with Gasteiger partial charge in [0.05, 0.1) is 6.07 Å². The van der Waals surface area contributed by atoms with Gasteiger partial charge in [-0.05, 0) is 49.2 Å². The van der Waals surface area contributed by atoms with Crippen LogP contribution in [0.5, 0.6) is 0 Å². The Bertz CT molecular complexity index is 456. The van der Waals surface area contributed by atoms with Gasteiger partial charge in [-0.3, -0.25) is 4.90 Å². The van der Waals surface area contributed by atoms with E-state index in [9.17, 15) is 0 Å². The van der Waals surface area contributed by atoms with Crippen molar-refractivity contribution < 1.29 is 0 Å². The maximum absolute atomic E-state index is 8.89. The summed E-state index contributed by atoms with van der Waals surface area (Å²) in [7, 11) is 0. The molecule has 0 radical (unpaired) electrons. The lowest BCUT2D eigenvalue weighted by molar-refractivity contribution is 0.116. The van der Waals surface area contributed by atoms with Crippen LogP contribution in [0.3, 0.4) is 0 Å². The first-order valence-corrected chi connectivity index (χ1v) is 8.10. The van der Waals surface area contributed by atoms with E-state index >= 15 is 0 Å². The van der Waals surface area contributed by atoms with E-state index in [0.717, 1.165) is 32.5 Å². The van der Waals surface area contributed by atoms with E-state index in [1.165, 1.54) is 10.5 Å². The highest BCUT2D eigenvalue weighted by Gasteiger charge is 2.29. The fourth-order valence-electron chi connectivity index (χ4n) is 2.69. The molecule has 2 rings (SSSR count). The molecule has 1 aromatic rings. The predicted octanol–water partition coefficient (Wildman–Crippen LogP) is 3.92. The molecule has 0 saturated carbocycles. The highest BCUT2D eigenvalue weighted by Crippen LogP contribution is 2.34. The SMILES string of the molecule is CSc1ccccc1CN1CCC(C)(CC#N)CC1. The Kier molecular flexibility index (Phi) is 4.90. The summed E-state index contributed by atoms with van der Waals surface area (Å²) < 4.78 is 0. The monoisotopic (exact) mass is 274 g/mol. The number of hydrogen-bond donors (Lipinski definition) is 0. The third-order valence-electron chi connectivity index (χ3n) is 4.16. The van der Waals surface area contributed by atoms with Crippen molar-refractivity contribution in [3.05, 3.63) is 29.8 Å². The van der Waals surface area contributed by atoms with Crippen molar-refractivity contribution in [1.29, 1.82) is 5.26 Å². The molecule has 0 aliphatic carbocycles. The van der Waals surface area contributed by atoms with Crippen molar-refractivity contribution in [2.75, 3.05) is 19.3 Å². The molecule has 102 valence electrons. The molecule has 0 aromatic heterocycles. The summed E-state index contributed by atoms with van der Waals surface area (Å²) in [6.07, 6.45) is 5.12. The first-order valence-electron chi connectivity index (χ1n) is 6.88. The number of likely N-dealkylation sites (tertiary alicyclic amines) is 1. The summed E-state index contributed by atoms with van der Waals surface area (Å²) in [6, 6.07) is 11.0. The second kappa shape index (κ2) is 6.45. The third kappa shape index (κ3) is 3.75. The van der Waals surface area contributed by atoms with E-state index in [0.29, 0.717) is 6.42 Å². The lowest BCUT2D eigenvalue weighted by atomic mass is 9.78. The molecule has 0 N–H and O–H groups in total. The molecule has 1 aromatic carbocycles. The van der Waals surface area contributed by atoms with Gasteiger partial charge in [0, 0.05) is 17.9 Å². The van der Waals surface area contributed by atoms with Crippen molar-refractivity contribution in [3.63, 3.8) is 0 Å². The van der Waals surface area contributed by atoms with Crippen molar-refractivity contribution in [2.24, 2.45) is 5.41 Å². The van der Waals surface area contributed by atoms with E-state index in [-0.39, 0.29) is 5.41 Å². The zero-order valence-corrected chi connectivity index (χ0v) is 12.7. The molecule has 1 aliphatic heterocycles. The van der Waals surface area contributed by atoms with E-state index in [4.69, 9.17) is 5.26 Å². The van der Waals surface area contributed by atoms with Crippen LogP contribution in [0.15, 0.2) is 29.2 Å². The van der Waals surface area contributed by atoms with Crippen LogP contribution in [-0.2, 0) is 6.54 Å². The number of benzene rings is 1.